The Labute approximate surface area is 125 Å². The minimum atomic E-state index is 0.166. The molecule has 1 unspecified atom stereocenters. The van der Waals surface area contributed by atoms with Gasteiger partial charge in [-0.2, -0.15) is 0 Å². The van der Waals surface area contributed by atoms with E-state index in [1.807, 2.05) is 13.8 Å². The smallest absolute Gasteiger partial charge is 0.206 e. The van der Waals surface area contributed by atoms with Gasteiger partial charge in [0.1, 0.15) is 0 Å². The fourth-order valence-electron chi connectivity index (χ4n) is 2.73. The molecule has 1 aromatic heterocycles. The Balaban J connectivity index is 2.01. The summed E-state index contributed by atoms with van der Waals surface area (Å²) in [4.78, 5) is 10.4. The van der Waals surface area contributed by atoms with Gasteiger partial charge < -0.3 is 5.32 Å². The van der Waals surface area contributed by atoms with Gasteiger partial charge in [-0.3, -0.25) is 5.43 Å². The van der Waals surface area contributed by atoms with Crippen LogP contribution < -0.4 is 16.6 Å². The summed E-state index contributed by atoms with van der Waals surface area (Å²) in [5.74, 6) is 6.29. The number of nitrogens with one attached hydrogen (secondary N) is 2. The first-order chi connectivity index (χ1) is 9.60. The average Bonchev–Trinajstić information content (AvgIpc) is 2.78. The summed E-state index contributed by atoms with van der Waals surface area (Å²) in [6, 6.07) is 0.568. The van der Waals surface area contributed by atoms with Crippen molar-refractivity contribution >= 4 is 17.3 Å². The molecule has 1 heterocycles. The van der Waals surface area contributed by atoms with Crippen LogP contribution in [0.25, 0.3) is 0 Å². The number of aryl methyl sites for hydroxylation is 2. The molecule has 20 heavy (non-hydrogen) atoms. The first-order valence-electron chi connectivity index (χ1n) is 7.35. The molecule has 0 aliphatic heterocycles. The second kappa shape index (κ2) is 7.04. The standard InChI is InChI=1S/C14H25N5S/c1-9-13(20-11(3)16-9)10(2)17-14(19-15)18-12-7-5-4-6-8-12/h10,12H,4-8,15H2,1-3H3,(H2,17,18,19). The van der Waals surface area contributed by atoms with Crippen molar-refractivity contribution in [1.82, 2.24) is 15.7 Å². The maximum absolute atomic E-state index is 5.60. The van der Waals surface area contributed by atoms with E-state index in [9.17, 15) is 0 Å². The Morgan fingerprint density at radius 3 is 2.60 bits per heavy atom. The third-order valence-corrected chi connectivity index (χ3v) is 4.96. The highest BCUT2D eigenvalue weighted by molar-refractivity contribution is 7.11. The molecule has 0 aromatic carbocycles. The molecule has 0 amide bonds. The maximum Gasteiger partial charge on any atom is 0.206 e. The summed E-state index contributed by atoms with van der Waals surface area (Å²) in [6.45, 7) is 6.20. The fraction of sp³-hybridized carbons (Fsp3) is 0.714. The SMILES string of the molecule is Cc1nc(C)c(C(C)NC(=NC2CCCCC2)NN)s1. The number of hydrazine groups is 1. The molecular formula is C14H25N5S. The number of hydrogen-bond donors (Lipinski definition) is 3. The van der Waals surface area contributed by atoms with Crippen LogP contribution in [0.4, 0.5) is 0 Å². The fourth-order valence-corrected chi connectivity index (χ4v) is 3.66. The molecule has 0 saturated heterocycles. The zero-order chi connectivity index (χ0) is 14.5. The molecule has 4 N–H and O–H groups in total. The van der Waals surface area contributed by atoms with Gasteiger partial charge in [0.2, 0.25) is 5.96 Å². The van der Waals surface area contributed by atoms with E-state index in [2.05, 4.69) is 22.7 Å². The molecule has 0 bridgehead atoms. The van der Waals surface area contributed by atoms with Gasteiger partial charge in [-0.1, -0.05) is 19.3 Å². The van der Waals surface area contributed by atoms with Crippen molar-refractivity contribution in [3.63, 3.8) is 0 Å². The van der Waals surface area contributed by atoms with Crippen LogP contribution in [0, 0.1) is 13.8 Å². The van der Waals surface area contributed by atoms with Crippen LogP contribution in [0.5, 0.6) is 0 Å². The van der Waals surface area contributed by atoms with Crippen molar-refractivity contribution in [3.05, 3.63) is 15.6 Å². The van der Waals surface area contributed by atoms with Crippen LogP contribution in [0.2, 0.25) is 0 Å². The van der Waals surface area contributed by atoms with Crippen LogP contribution in [0.15, 0.2) is 4.99 Å². The topological polar surface area (TPSA) is 75.3 Å². The molecule has 5 nitrogen and oxygen atoms in total. The lowest BCUT2D eigenvalue weighted by atomic mass is 9.96. The van der Waals surface area contributed by atoms with E-state index in [4.69, 9.17) is 10.8 Å². The molecule has 112 valence electrons. The highest BCUT2D eigenvalue weighted by Gasteiger charge is 2.16. The lowest BCUT2D eigenvalue weighted by Gasteiger charge is -2.21. The molecular weight excluding hydrogens is 270 g/mol. The Kier molecular flexibility index (Phi) is 5.37. The number of aliphatic imine (C=N–C) groups is 1. The summed E-state index contributed by atoms with van der Waals surface area (Å²) in [5, 5.41) is 4.46. The molecule has 1 saturated carbocycles. The van der Waals surface area contributed by atoms with E-state index in [0.717, 1.165) is 10.7 Å². The van der Waals surface area contributed by atoms with E-state index in [-0.39, 0.29) is 6.04 Å². The monoisotopic (exact) mass is 295 g/mol. The summed E-state index contributed by atoms with van der Waals surface area (Å²) < 4.78 is 0. The number of rotatable bonds is 3. The molecule has 2 rings (SSSR count). The second-order valence-electron chi connectivity index (χ2n) is 5.46. The quantitative estimate of drug-likeness (QED) is 0.347. The van der Waals surface area contributed by atoms with Crippen LogP contribution in [-0.4, -0.2) is 17.0 Å². The predicted octanol–water partition coefficient (Wildman–Crippen LogP) is 2.56. The molecule has 1 aliphatic carbocycles. The van der Waals surface area contributed by atoms with Gasteiger partial charge in [0.15, 0.2) is 0 Å². The van der Waals surface area contributed by atoms with Gasteiger partial charge in [-0.15, -0.1) is 11.3 Å². The van der Waals surface area contributed by atoms with Crippen molar-refractivity contribution < 1.29 is 0 Å². The highest BCUT2D eigenvalue weighted by Crippen LogP contribution is 2.24. The van der Waals surface area contributed by atoms with Crippen LogP contribution in [0.3, 0.4) is 0 Å². The Bertz CT molecular complexity index is 462. The van der Waals surface area contributed by atoms with Gasteiger partial charge >= 0.3 is 0 Å². The van der Waals surface area contributed by atoms with E-state index < -0.39 is 0 Å². The Morgan fingerprint density at radius 1 is 1.35 bits per heavy atom. The number of aromatic nitrogens is 1. The van der Waals surface area contributed by atoms with Crippen LogP contribution in [0.1, 0.15) is 60.6 Å². The van der Waals surface area contributed by atoms with Crippen molar-refractivity contribution in [3.8, 4) is 0 Å². The lowest BCUT2D eigenvalue weighted by Crippen LogP contribution is -2.43. The van der Waals surface area contributed by atoms with Crippen molar-refractivity contribution in [2.24, 2.45) is 10.8 Å². The Hall–Kier alpha value is -1.14. The van der Waals surface area contributed by atoms with Gasteiger partial charge in [0.05, 0.1) is 22.8 Å². The number of guanidine groups is 1. The molecule has 1 atom stereocenters. The molecule has 1 aromatic rings. The van der Waals surface area contributed by atoms with Crippen molar-refractivity contribution in [2.45, 2.75) is 65.0 Å². The minimum Gasteiger partial charge on any atom is -0.348 e. The van der Waals surface area contributed by atoms with Gasteiger partial charge in [0, 0.05) is 4.88 Å². The van der Waals surface area contributed by atoms with E-state index in [1.165, 1.54) is 37.0 Å². The zero-order valence-electron chi connectivity index (χ0n) is 12.6. The Morgan fingerprint density at radius 2 is 2.05 bits per heavy atom. The molecule has 0 spiro atoms. The summed E-state index contributed by atoms with van der Waals surface area (Å²) in [5.41, 5.74) is 3.78. The third kappa shape index (κ3) is 3.93. The highest BCUT2D eigenvalue weighted by atomic mass is 32.1. The number of nitrogens with two attached hydrogens (primary N) is 1. The number of nitrogens with zero attached hydrogens (tertiary/aromatic N) is 2. The third-order valence-electron chi connectivity index (χ3n) is 3.71. The largest absolute Gasteiger partial charge is 0.348 e. The lowest BCUT2D eigenvalue weighted by molar-refractivity contribution is 0.440. The number of thiazole rings is 1. The van der Waals surface area contributed by atoms with Gasteiger partial charge in [-0.25, -0.2) is 15.8 Å². The zero-order valence-corrected chi connectivity index (χ0v) is 13.4. The summed E-state index contributed by atoms with van der Waals surface area (Å²) in [7, 11) is 0. The minimum absolute atomic E-state index is 0.166. The van der Waals surface area contributed by atoms with Crippen LogP contribution in [-0.2, 0) is 0 Å². The summed E-state index contributed by atoms with van der Waals surface area (Å²) >= 11 is 1.72. The average molecular weight is 295 g/mol. The number of hydrogen-bond acceptors (Lipinski definition) is 4. The molecule has 0 radical (unpaired) electrons. The van der Waals surface area contributed by atoms with E-state index in [1.54, 1.807) is 11.3 Å². The van der Waals surface area contributed by atoms with Gasteiger partial charge in [-0.05, 0) is 33.6 Å². The maximum atomic E-state index is 5.60. The summed E-state index contributed by atoms with van der Waals surface area (Å²) in [6.07, 6.45) is 6.21. The first-order valence-corrected chi connectivity index (χ1v) is 8.16. The first kappa shape index (κ1) is 15.3. The van der Waals surface area contributed by atoms with E-state index in [0.29, 0.717) is 12.0 Å². The molecule has 1 fully saturated rings. The normalized spacial score (nSPS) is 18.9. The second-order valence-corrected chi connectivity index (χ2v) is 6.70. The van der Waals surface area contributed by atoms with Crippen molar-refractivity contribution in [2.75, 3.05) is 0 Å². The van der Waals surface area contributed by atoms with E-state index >= 15 is 0 Å². The molecule has 6 heteroatoms. The molecule has 1 aliphatic rings. The van der Waals surface area contributed by atoms with Crippen molar-refractivity contribution in [1.29, 1.82) is 0 Å². The van der Waals surface area contributed by atoms with Gasteiger partial charge in [0.25, 0.3) is 0 Å². The van der Waals surface area contributed by atoms with Crippen LogP contribution >= 0.6 is 11.3 Å². The predicted molar refractivity (Wildman–Crippen MR) is 84.8 cm³/mol.